The molecular formula is C52H41N3. The molecule has 0 saturated carbocycles. The molecule has 0 bridgehead atoms. The lowest BCUT2D eigenvalue weighted by molar-refractivity contribution is 0.660. The van der Waals surface area contributed by atoms with E-state index in [1.807, 2.05) is 0 Å². The average molecular weight is 708 g/mol. The van der Waals surface area contributed by atoms with Gasteiger partial charge in [0, 0.05) is 55.4 Å². The molecule has 0 spiro atoms. The molecule has 1 unspecified atom stereocenters. The Bertz CT molecular complexity index is 3060. The molecule has 264 valence electrons. The molecule has 2 heterocycles. The summed E-state index contributed by atoms with van der Waals surface area (Å²) in [5, 5.41) is 5.02. The van der Waals surface area contributed by atoms with Gasteiger partial charge in [0.05, 0.1) is 22.1 Å². The molecule has 2 aliphatic carbocycles. The topological polar surface area (TPSA) is 13.1 Å². The van der Waals surface area contributed by atoms with Crippen molar-refractivity contribution in [2.45, 2.75) is 32.6 Å². The van der Waals surface area contributed by atoms with Crippen molar-refractivity contribution in [3.05, 3.63) is 187 Å². The summed E-state index contributed by atoms with van der Waals surface area (Å²) in [4.78, 5) is 2.48. The van der Waals surface area contributed by atoms with Gasteiger partial charge in [-0.1, -0.05) is 118 Å². The van der Waals surface area contributed by atoms with Gasteiger partial charge in [0.15, 0.2) is 0 Å². The third kappa shape index (κ3) is 4.76. The van der Waals surface area contributed by atoms with E-state index in [1.165, 1.54) is 77.2 Å². The maximum absolute atomic E-state index is 2.48. The Labute approximate surface area is 321 Å². The molecule has 7 aromatic carbocycles. The second kappa shape index (κ2) is 12.0. The number of nitrogens with zero attached hydrogens (tertiary/aromatic N) is 3. The van der Waals surface area contributed by atoms with Crippen LogP contribution in [0.25, 0.3) is 66.1 Å². The van der Waals surface area contributed by atoms with Crippen molar-refractivity contribution >= 4 is 66.4 Å². The molecule has 9 aromatic rings. The molecule has 0 radical (unpaired) electrons. The Morgan fingerprint density at radius 3 is 1.76 bits per heavy atom. The van der Waals surface area contributed by atoms with Gasteiger partial charge in [-0.25, -0.2) is 0 Å². The minimum atomic E-state index is -0.114. The predicted molar refractivity (Wildman–Crippen MR) is 233 cm³/mol. The maximum atomic E-state index is 2.48. The number of allylic oxidation sites excluding steroid dienone is 4. The number of anilines is 3. The van der Waals surface area contributed by atoms with Gasteiger partial charge in [-0.2, -0.15) is 0 Å². The molecule has 3 nitrogen and oxygen atoms in total. The van der Waals surface area contributed by atoms with Gasteiger partial charge in [0.2, 0.25) is 0 Å². The number of para-hydroxylation sites is 3. The molecule has 0 aliphatic heterocycles. The fourth-order valence-electron chi connectivity index (χ4n) is 9.63. The van der Waals surface area contributed by atoms with Crippen LogP contribution in [0.15, 0.2) is 176 Å². The number of aromatic nitrogens is 2. The molecule has 3 heteroatoms. The van der Waals surface area contributed by atoms with E-state index in [2.05, 4.69) is 211 Å². The normalized spacial score (nSPS) is 15.8. The Balaban J connectivity index is 1.16. The Morgan fingerprint density at radius 2 is 1.05 bits per heavy atom. The van der Waals surface area contributed by atoms with Crippen LogP contribution >= 0.6 is 0 Å². The first-order valence-corrected chi connectivity index (χ1v) is 19.5. The smallest absolute Gasteiger partial charge is 0.0542 e. The third-order valence-electron chi connectivity index (χ3n) is 12.2. The minimum Gasteiger partial charge on any atom is -0.313 e. The summed E-state index contributed by atoms with van der Waals surface area (Å²) in [6.45, 7) is 7.04. The van der Waals surface area contributed by atoms with Gasteiger partial charge in [-0.05, 0) is 113 Å². The van der Waals surface area contributed by atoms with Crippen LogP contribution in [0, 0.1) is 5.92 Å². The van der Waals surface area contributed by atoms with Crippen molar-refractivity contribution in [1.82, 2.24) is 9.13 Å². The molecule has 1 atom stereocenters. The van der Waals surface area contributed by atoms with E-state index in [0.717, 1.165) is 23.5 Å². The summed E-state index contributed by atoms with van der Waals surface area (Å²) in [5.74, 6) is 0.504. The molecule has 55 heavy (non-hydrogen) atoms. The summed E-state index contributed by atoms with van der Waals surface area (Å²) in [6.07, 6.45) is 7.83. The molecule has 0 fully saturated rings. The van der Waals surface area contributed by atoms with Crippen LogP contribution in [-0.2, 0) is 5.41 Å². The summed E-state index contributed by atoms with van der Waals surface area (Å²) in [5.41, 5.74) is 16.1. The largest absolute Gasteiger partial charge is 0.313 e. The van der Waals surface area contributed by atoms with Crippen LogP contribution in [-0.4, -0.2) is 9.13 Å². The van der Waals surface area contributed by atoms with Gasteiger partial charge in [-0.3, -0.25) is 0 Å². The van der Waals surface area contributed by atoms with Gasteiger partial charge in [-0.15, -0.1) is 0 Å². The van der Waals surface area contributed by atoms with Crippen LogP contribution < -0.4 is 4.90 Å². The zero-order valence-electron chi connectivity index (χ0n) is 31.4. The van der Waals surface area contributed by atoms with Crippen LogP contribution in [0.1, 0.15) is 38.3 Å². The van der Waals surface area contributed by atoms with E-state index >= 15 is 0 Å². The number of benzene rings is 7. The zero-order chi connectivity index (χ0) is 36.8. The fourth-order valence-corrected chi connectivity index (χ4v) is 9.63. The van der Waals surface area contributed by atoms with Crippen LogP contribution in [0.4, 0.5) is 17.1 Å². The van der Waals surface area contributed by atoms with E-state index < -0.39 is 0 Å². The second-order valence-corrected chi connectivity index (χ2v) is 15.9. The standard InChI is InChI=1S/C52H41N3/c1-34-14-13-17-36(30-34)55-49-23-12-9-20-43(49)45-32-38(26-29-51(45)55)53(39-24-27-41-40-18-7-10-21-46(40)52(2,3)47(41)33-39)37-25-28-50-44(31-37)42-19-8-11-22-48(42)54(50)35-15-5-4-6-16-35/h4-29,31-34H,30H2,1-3H3. The fraction of sp³-hybridized carbons (Fsp3) is 0.115. The lowest BCUT2D eigenvalue weighted by Gasteiger charge is -2.28. The first-order chi connectivity index (χ1) is 27.0. The highest BCUT2D eigenvalue weighted by molar-refractivity contribution is 6.13. The lowest BCUT2D eigenvalue weighted by Crippen LogP contribution is -2.16. The van der Waals surface area contributed by atoms with Gasteiger partial charge in [0.25, 0.3) is 0 Å². The molecule has 0 N–H and O–H groups in total. The summed E-state index contributed by atoms with van der Waals surface area (Å²) >= 11 is 0. The number of hydrogen-bond donors (Lipinski definition) is 0. The summed E-state index contributed by atoms with van der Waals surface area (Å²) in [6, 6.07) is 58.5. The number of fused-ring (bicyclic) bond motifs is 9. The van der Waals surface area contributed by atoms with E-state index in [1.54, 1.807) is 0 Å². The molecule has 2 aromatic heterocycles. The van der Waals surface area contributed by atoms with Crippen molar-refractivity contribution < 1.29 is 0 Å². The second-order valence-electron chi connectivity index (χ2n) is 15.9. The third-order valence-corrected chi connectivity index (χ3v) is 12.2. The number of rotatable bonds is 5. The van der Waals surface area contributed by atoms with E-state index in [0.29, 0.717) is 5.92 Å². The van der Waals surface area contributed by atoms with Gasteiger partial charge < -0.3 is 14.0 Å². The Hall–Kier alpha value is -6.58. The van der Waals surface area contributed by atoms with Crippen molar-refractivity contribution in [1.29, 1.82) is 0 Å². The molecule has 0 saturated heterocycles. The van der Waals surface area contributed by atoms with Crippen molar-refractivity contribution in [2.24, 2.45) is 5.92 Å². The van der Waals surface area contributed by atoms with Crippen molar-refractivity contribution in [3.8, 4) is 16.8 Å². The SMILES string of the molecule is CC1C=CC=C(n2c3ccccc3c3cc(N(c4ccc5c(c4)C(C)(C)c4ccccc4-5)c4ccc5c(c4)c4ccccc4n5-c4ccccc4)ccc32)C1. The van der Waals surface area contributed by atoms with Gasteiger partial charge >= 0.3 is 0 Å². The Kier molecular flexibility index (Phi) is 6.94. The highest BCUT2D eigenvalue weighted by Gasteiger charge is 2.36. The molecular weight excluding hydrogens is 667 g/mol. The molecule has 0 amide bonds. The van der Waals surface area contributed by atoms with Gasteiger partial charge in [0.1, 0.15) is 0 Å². The van der Waals surface area contributed by atoms with Crippen molar-refractivity contribution in [2.75, 3.05) is 4.90 Å². The first-order valence-electron chi connectivity index (χ1n) is 19.5. The van der Waals surface area contributed by atoms with Crippen molar-refractivity contribution in [3.63, 3.8) is 0 Å². The quantitative estimate of drug-likeness (QED) is 0.174. The first kappa shape index (κ1) is 31.9. The zero-order valence-corrected chi connectivity index (χ0v) is 31.4. The molecule has 2 aliphatic rings. The monoisotopic (exact) mass is 707 g/mol. The van der Waals surface area contributed by atoms with E-state index in [9.17, 15) is 0 Å². The maximum Gasteiger partial charge on any atom is 0.0542 e. The summed E-state index contributed by atoms with van der Waals surface area (Å²) < 4.78 is 4.88. The minimum absolute atomic E-state index is 0.114. The van der Waals surface area contributed by atoms with Crippen LogP contribution in [0.5, 0.6) is 0 Å². The summed E-state index contributed by atoms with van der Waals surface area (Å²) in [7, 11) is 0. The van der Waals surface area contributed by atoms with Crippen LogP contribution in [0.2, 0.25) is 0 Å². The number of hydrogen-bond acceptors (Lipinski definition) is 1. The predicted octanol–water partition coefficient (Wildman–Crippen LogP) is 14.1. The van der Waals surface area contributed by atoms with E-state index in [4.69, 9.17) is 0 Å². The lowest BCUT2D eigenvalue weighted by atomic mass is 9.82. The highest BCUT2D eigenvalue weighted by Crippen LogP contribution is 2.51. The average Bonchev–Trinajstić information content (AvgIpc) is 3.81. The van der Waals surface area contributed by atoms with E-state index in [-0.39, 0.29) is 5.41 Å². The Morgan fingerprint density at radius 1 is 0.509 bits per heavy atom. The van der Waals surface area contributed by atoms with Crippen LogP contribution in [0.3, 0.4) is 0 Å². The highest BCUT2D eigenvalue weighted by atomic mass is 15.1. The molecule has 11 rings (SSSR count).